The van der Waals surface area contributed by atoms with E-state index in [-0.39, 0.29) is 22.6 Å². The SMILES string of the molecule is CC1CCN(c2ncccc2C(=O)NS(=O)(=O)c2cccc(Nc3cccc(C(F)(F)F)c3)n2)C1(C)C. The van der Waals surface area contributed by atoms with Gasteiger partial charge in [-0.1, -0.05) is 19.1 Å². The van der Waals surface area contributed by atoms with Gasteiger partial charge < -0.3 is 10.2 Å². The van der Waals surface area contributed by atoms with Crippen LogP contribution < -0.4 is 14.9 Å². The monoisotopic (exact) mass is 533 g/mol. The molecule has 1 atom stereocenters. The van der Waals surface area contributed by atoms with Crippen LogP contribution in [0.25, 0.3) is 0 Å². The van der Waals surface area contributed by atoms with Gasteiger partial charge in [0.25, 0.3) is 15.9 Å². The molecule has 37 heavy (non-hydrogen) atoms. The summed E-state index contributed by atoms with van der Waals surface area (Å²) in [4.78, 5) is 23.5. The Bertz CT molecular complexity index is 1430. The third-order valence-corrected chi connectivity index (χ3v) is 7.89. The number of hydrogen-bond donors (Lipinski definition) is 2. The van der Waals surface area contributed by atoms with Gasteiger partial charge in [0.05, 0.1) is 11.1 Å². The lowest BCUT2D eigenvalue weighted by molar-refractivity contribution is -0.137. The van der Waals surface area contributed by atoms with Crippen molar-refractivity contribution in [3.8, 4) is 0 Å². The average molecular weight is 534 g/mol. The van der Waals surface area contributed by atoms with Gasteiger partial charge in [0.2, 0.25) is 0 Å². The molecule has 1 saturated heterocycles. The summed E-state index contributed by atoms with van der Waals surface area (Å²) < 4.78 is 67.1. The maximum atomic E-state index is 13.1. The number of rotatable bonds is 6. The molecule has 8 nitrogen and oxygen atoms in total. The van der Waals surface area contributed by atoms with Crippen molar-refractivity contribution in [1.82, 2.24) is 14.7 Å². The van der Waals surface area contributed by atoms with Crippen molar-refractivity contribution in [2.45, 2.75) is 43.9 Å². The number of nitrogens with zero attached hydrogens (tertiary/aromatic N) is 3. The lowest BCUT2D eigenvalue weighted by Crippen LogP contribution is -2.43. The van der Waals surface area contributed by atoms with Gasteiger partial charge in [-0.15, -0.1) is 0 Å². The molecule has 0 spiro atoms. The number of amides is 1. The maximum Gasteiger partial charge on any atom is 0.416 e. The van der Waals surface area contributed by atoms with E-state index in [0.29, 0.717) is 18.3 Å². The zero-order valence-corrected chi connectivity index (χ0v) is 21.2. The summed E-state index contributed by atoms with van der Waals surface area (Å²) in [5, 5.41) is 2.19. The van der Waals surface area contributed by atoms with E-state index in [2.05, 4.69) is 22.2 Å². The highest BCUT2D eigenvalue weighted by molar-refractivity contribution is 7.90. The van der Waals surface area contributed by atoms with Crippen molar-refractivity contribution in [3.05, 3.63) is 71.9 Å². The Hall–Kier alpha value is -3.67. The minimum absolute atomic E-state index is 0.00970. The second kappa shape index (κ2) is 9.66. The summed E-state index contributed by atoms with van der Waals surface area (Å²) in [6.07, 6.45) is -2.09. The number of hydrogen-bond acceptors (Lipinski definition) is 7. The van der Waals surface area contributed by atoms with E-state index in [9.17, 15) is 26.4 Å². The summed E-state index contributed by atoms with van der Waals surface area (Å²) in [5.74, 6) is -0.149. The van der Waals surface area contributed by atoms with E-state index in [1.54, 1.807) is 12.3 Å². The fourth-order valence-corrected chi connectivity index (χ4v) is 5.12. The molecule has 1 amide bonds. The van der Waals surface area contributed by atoms with Crippen LogP contribution in [-0.4, -0.2) is 36.4 Å². The first-order valence-electron chi connectivity index (χ1n) is 11.5. The summed E-state index contributed by atoms with van der Waals surface area (Å²) >= 11 is 0. The first kappa shape index (κ1) is 26.4. The number of aromatic nitrogens is 2. The Balaban J connectivity index is 1.56. The summed E-state index contributed by atoms with van der Waals surface area (Å²) in [7, 11) is -4.41. The van der Waals surface area contributed by atoms with Gasteiger partial charge in [-0.3, -0.25) is 4.79 Å². The normalized spacial score (nSPS) is 17.5. The smallest absolute Gasteiger partial charge is 0.351 e. The van der Waals surface area contributed by atoms with Crippen LogP contribution in [-0.2, 0) is 16.2 Å². The Morgan fingerprint density at radius 1 is 1.11 bits per heavy atom. The van der Waals surface area contributed by atoms with E-state index in [0.717, 1.165) is 18.6 Å². The second-order valence-corrected chi connectivity index (χ2v) is 11.0. The molecule has 3 heterocycles. The van der Waals surface area contributed by atoms with Crippen molar-refractivity contribution in [3.63, 3.8) is 0 Å². The van der Waals surface area contributed by atoms with Crippen LogP contribution in [0.4, 0.5) is 30.5 Å². The zero-order chi connectivity index (χ0) is 27.0. The van der Waals surface area contributed by atoms with Gasteiger partial charge in [0.1, 0.15) is 11.6 Å². The third-order valence-electron chi connectivity index (χ3n) is 6.66. The van der Waals surface area contributed by atoms with Crippen LogP contribution in [0, 0.1) is 5.92 Å². The average Bonchev–Trinajstić information content (AvgIpc) is 3.10. The molecule has 0 aliphatic carbocycles. The molecule has 12 heteroatoms. The molecule has 1 fully saturated rings. The minimum atomic E-state index is -4.53. The van der Waals surface area contributed by atoms with Crippen LogP contribution in [0.2, 0.25) is 0 Å². The first-order chi connectivity index (χ1) is 17.3. The molecule has 1 aliphatic heterocycles. The number of anilines is 3. The van der Waals surface area contributed by atoms with Gasteiger partial charge in [0.15, 0.2) is 5.03 Å². The van der Waals surface area contributed by atoms with Crippen molar-refractivity contribution < 1.29 is 26.4 Å². The van der Waals surface area contributed by atoms with E-state index < -0.39 is 32.7 Å². The van der Waals surface area contributed by atoms with Crippen molar-refractivity contribution in [1.29, 1.82) is 0 Å². The van der Waals surface area contributed by atoms with Gasteiger partial charge in [-0.2, -0.15) is 21.6 Å². The van der Waals surface area contributed by atoms with E-state index in [1.165, 1.54) is 36.4 Å². The number of benzene rings is 1. The molecular formula is C25H26F3N5O3S. The number of sulfonamides is 1. The molecule has 1 aromatic carbocycles. The van der Waals surface area contributed by atoms with E-state index in [1.807, 2.05) is 23.5 Å². The third kappa shape index (κ3) is 5.53. The number of carbonyl (C=O) groups excluding carboxylic acids is 1. The van der Waals surface area contributed by atoms with Gasteiger partial charge >= 0.3 is 6.18 Å². The fourth-order valence-electron chi connectivity index (χ4n) is 4.18. The molecular weight excluding hydrogens is 507 g/mol. The quantitative estimate of drug-likeness (QED) is 0.460. The molecule has 1 aliphatic rings. The van der Waals surface area contributed by atoms with Crippen molar-refractivity contribution >= 4 is 33.3 Å². The number of halogens is 3. The van der Waals surface area contributed by atoms with Crippen molar-refractivity contribution in [2.75, 3.05) is 16.8 Å². The largest absolute Gasteiger partial charge is 0.416 e. The summed E-state index contributed by atoms with van der Waals surface area (Å²) in [5.41, 5.74) is -0.973. The predicted molar refractivity (Wildman–Crippen MR) is 133 cm³/mol. The van der Waals surface area contributed by atoms with Gasteiger partial charge in [-0.25, -0.2) is 14.7 Å². The maximum absolute atomic E-state index is 13.1. The van der Waals surface area contributed by atoms with Crippen LogP contribution in [0.3, 0.4) is 0 Å². The molecule has 0 radical (unpaired) electrons. The Kier molecular flexibility index (Phi) is 6.89. The topological polar surface area (TPSA) is 104 Å². The highest BCUT2D eigenvalue weighted by Crippen LogP contribution is 2.38. The fraction of sp³-hybridized carbons (Fsp3) is 0.320. The lowest BCUT2D eigenvalue weighted by Gasteiger charge is -2.36. The number of pyridine rings is 2. The molecule has 4 rings (SSSR count). The first-order valence-corrected chi connectivity index (χ1v) is 13.0. The standard InChI is InChI=1S/C25H26F3N5O3S/c1-16-12-14-33(24(16,2)3)22-19(9-6-13-29-22)23(34)32-37(35,36)21-11-5-10-20(31-21)30-18-8-4-7-17(15-18)25(26,27)28/h4-11,13,15-16H,12,14H2,1-3H3,(H,30,31)(H,32,34). The molecule has 3 aromatic rings. The molecule has 196 valence electrons. The molecule has 0 saturated carbocycles. The summed E-state index contributed by atoms with van der Waals surface area (Å²) in [6, 6.07) is 11.4. The lowest BCUT2D eigenvalue weighted by atomic mass is 9.90. The Labute approximate surface area is 213 Å². The van der Waals surface area contributed by atoms with Crippen LogP contribution in [0.1, 0.15) is 43.1 Å². The predicted octanol–water partition coefficient (Wildman–Crippen LogP) is 4.98. The molecule has 0 bridgehead atoms. The van der Waals surface area contributed by atoms with Crippen LogP contribution in [0.15, 0.2) is 65.8 Å². The van der Waals surface area contributed by atoms with Crippen molar-refractivity contribution in [2.24, 2.45) is 5.92 Å². The number of carbonyl (C=O) groups is 1. The molecule has 1 unspecified atom stereocenters. The minimum Gasteiger partial charge on any atom is -0.351 e. The second-order valence-electron chi connectivity index (χ2n) is 9.37. The molecule has 2 aromatic heterocycles. The highest BCUT2D eigenvalue weighted by Gasteiger charge is 2.40. The number of nitrogens with one attached hydrogen (secondary N) is 2. The van der Waals surface area contributed by atoms with Gasteiger partial charge in [-0.05, 0) is 68.7 Å². The zero-order valence-electron chi connectivity index (χ0n) is 20.4. The van der Waals surface area contributed by atoms with Crippen LogP contribution in [0.5, 0.6) is 0 Å². The highest BCUT2D eigenvalue weighted by atomic mass is 32.2. The van der Waals surface area contributed by atoms with E-state index >= 15 is 0 Å². The van der Waals surface area contributed by atoms with E-state index in [4.69, 9.17) is 0 Å². The molecule has 2 N–H and O–H groups in total. The summed E-state index contributed by atoms with van der Waals surface area (Å²) in [6.45, 7) is 6.87. The van der Waals surface area contributed by atoms with Crippen LogP contribution >= 0.6 is 0 Å². The van der Waals surface area contributed by atoms with Gasteiger partial charge in [0, 0.05) is 24.0 Å². The Morgan fingerprint density at radius 2 is 1.84 bits per heavy atom. The number of alkyl halides is 3. The Morgan fingerprint density at radius 3 is 2.51 bits per heavy atom.